The number of benzene rings is 7. The van der Waals surface area contributed by atoms with Crippen molar-refractivity contribution in [2.45, 2.75) is 77.2 Å². The van der Waals surface area contributed by atoms with Crippen molar-refractivity contribution < 1.29 is 57.4 Å². The van der Waals surface area contributed by atoms with E-state index in [9.17, 15) is 38.9 Å². The molecular weight excluding hydrogens is 1080 g/mol. The Bertz CT molecular complexity index is 3450. The largest absolute Gasteiger partial charge is 0.487 e. The van der Waals surface area contributed by atoms with E-state index in [0.29, 0.717) is 16.7 Å². The van der Waals surface area contributed by atoms with Gasteiger partial charge in [0.05, 0.1) is 35.2 Å². The number of nitro groups is 1. The maximum Gasteiger partial charge on any atom is 0.342 e. The van der Waals surface area contributed by atoms with Crippen molar-refractivity contribution in [3.8, 4) is 23.0 Å². The first-order chi connectivity index (χ1) is 41.0. The molecule has 7 aromatic carbocycles. The van der Waals surface area contributed by atoms with Gasteiger partial charge in [0.25, 0.3) is 11.6 Å². The molecule has 0 saturated carbocycles. The molecule has 0 saturated heterocycles. The second-order valence-corrected chi connectivity index (χ2v) is 20.3. The molecule has 0 aromatic heterocycles. The van der Waals surface area contributed by atoms with Crippen molar-refractivity contribution >= 4 is 40.8 Å². The minimum Gasteiger partial charge on any atom is -0.487 e. The number of Topliss-reactive ketones (excluding diaryl/α,β-unsaturated/α-hetero) is 3. The number of amides is 2. The maximum absolute atomic E-state index is 14.7. The van der Waals surface area contributed by atoms with Crippen LogP contribution in [-0.4, -0.2) is 78.1 Å². The lowest BCUT2D eigenvalue weighted by atomic mass is 9.76. The van der Waals surface area contributed by atoms with Crippen LogP contribution in [0, 0.1) is 10.1 Å². The highest BCUT2D eigenvalue weighted by molar-refractivity contribution is 6.03. The molecule has 16 heteroatoms. The van der Waals surface area contributed by atoms with Crippen LogP contribution in [0.2, 0.25) is 0 Å². The second-order valence-electron chi connectivity index (χ2n) is 20.3. The molecule has 0 heterocycles. The highest BCUT2D eigenvalue weighted by Gasteiger charge is 2.39. The summed E-state index contributed by atoms with van der Waals surface area (Å²) in [5.74, 6) is -2.74. The van der Waals surface area contributed by atoms with E-state index in [1.807, 2.05) is 91.0 Å². The van der Waals surface area contributed by atoms with Crippen molar-refractivity contribution in [1.82, 2.24) is 10.6 Å². The van der Waals surface area contributed by atoms with E-state index in [2.05, 4.69) is 30.4 Å². The highest BCUT2D eigenvalue weighted by Crippen LogP contribution is 2.42. The molecule has 7 rings (SSSR count). The number of nitrogens with zero attached hydrogens (tertiary/aromatic N) is 1. The monoisotopic (exact) mass is 1150 g/mol. The minimum absolute atomic E-state index is 0.0167. The first-order valence-corrected chi connectivity index (χ1v) is 27.6. The smallest absolute Gasteiger partial charge is 0.342 e. The first-order valence-electron chi connectivity index (χ1n) is 27.6. The van der Waals surface area contributed by atoms with Gasteiger partial charge in [-0.15, -0.1) is 0 Å². The Balaban J connectivity index is 1.16. The van der Waals surface area contributed by atoms with Crippen molar-refractivity contribution in [2.75, 3.05) is 19.8 Å². The predicted molar refractivity (Wildman–Crippen MR) is 324 cm³/mol. The molecule has 0 spiro atoms. The van der Waals surface area contributed by atoms with Crippen LogP contribution in [0.4, 0.5) is 5.69 Å². The molecule has 436 valence electrons. The van der Waals surface area contributed by atoms with Gasteiger partial charge in [0.1, 0.15) is 30.9 Å². The summed E-state index contributed by atoms with van der Waals surface area (Å²) in [6.07, 6.45) is 2.45. The van der Waals surface area contributed by atoms with Gasteiger partial charge in [-0.3, -0.25) is 34.1 Å². The summed E-state index contributed by atoms with van der Waals surface area (Å²) in [5, 5.41) is 17.4. The third-order valence-corrected chi connectivity index (χ3v) is 13.4. The van der Waals surface area contributed by atoms with E-state index >= 15 is 0 Å². The molecule has 85 heavy (non-hydrogen) atoms. The third kappa shape index (κ3) is 15.9. The molecule has 16 nitrogen and oxygen atoms in total. The summed E-state index contributed by atoms with van der Waals surface area (Å²) in [6, 6.07) is 44.3. The topological polar surface area (TPSA) is 216 Å². The van der Waals surface area contributed by atoms with E-state index in [1.165, 1.54) is 48.6 Å². The molecule has 0 aliphatic heterocycles. The van der Waals surface area contributed by atoms with E-state index in [0.717, 1.165) is 16.7 Å². The van der Waals surface area contributed by atoms with Gasteiger partial charge in [0.2, 0.25) is 5.91 Å². The lowest BCUT2D eigenvalue weighted by molar-refractivity contribution is -0.384. The number of hydrogen-bond donors (Lipinski definition) is 2. The molecule has 0 aliphatic carbocycles. The van der Waals surface area contributed by atoms with Crippen molar-refractivity contribution in [1.29, 1.82) is 0 Å². The Morgan fingerprint density at radius 2 is 1.00 bits per heavy atom. The molecule has 1 atom stereocenters. The number of ether oxygens (including phenoxy) is 5. The molecule has 0 fully saturated rings. The number of non-ortho nitro benzene ring substituents is 1. The summed E-state index contributed by atoms with van der Waals surface area (Å²) in [6.45, 7) is 18.3. The number of ketones is 3. The molecule has 0 unspecified atom stereocenters. The fraction of sp³-hybridized carbons (Fsp3) is 0.217. The van der Waals surface area contributed by atoms with Crippen LogP contribution in [0.3, 0.4) is 0 Å². The molecule has 0 bridgehead atoms. The van der Waals surface area contributed by atoms with Gasteiger partial charge in [-0.1, -0.05) is 165 Å². The Labute approximate surface area is 494 Å². The zero-order valence-corrected chi connectivity index (χ0v) is 47.9. The third-order valence-electron chi connectivity index (χ3n) is 13.4. The van der Waals surface area contributed by atoms with E-state index in [1.54, 1.807) is 70.2 Å². The molecule has 0 aliphatic rings. The Hall–Kier alpha value is -10.2. The minimum atomic E-state index is -1.39. The van der Waals surface area contributed by atoms with Gasteiger partial charge < -0.3 is 34.3 Å². The van der Waals surface area contributed by atoms with Gasteiger partial charge >= 0.3 is 5.97 Å². The van der Waals surface area contributed by atoms with Gasteiger partial charge in [0.15, 0.2) is 40.3 Å². The SMILES string of the molecule is C=CCOC(=O)c1ccc(CC(=O)c2ccc(CC(=O)c3ccc(CC(=O)[C@H](CC(=O)NC(c4ccccc4)(c4ccccc4)c4ccccc4)NC(=O)c4ccc([N+](=O)[O-])cc4)cc3)c(OC(C)C)c2OCC=C)c(OC(C)C)c1OCC=C. The van der Waals surface area contributed by atoms with Crippen molar-refractivity contribution in [3.05, 3.63) is 268 Å². The normalized spacial score (nSPS) is 11.4. The van der Waals surface area contributed by atoms with Crippen molar-refractivity contribution in [3.63, 3.8) is 0 Å². The van der Waals surface area contributed by atoms with Crippen LogP contribution in [-0.2, 0) is 39.1 Å². The van der Waals surface area contributed by atoms with Gasteiger partial charge in [-0.25, -0.2) is 4.79 Å². The van der Waals surface area contributed by atoms with E-state index in [-0.39, 0.29) is 95.8 Å². The lowest BCUT2D eigenvalue weighted by Crippen LogP contribution is -2.51. The van der Waals surface area contributed by atoms with Gasteiger partial charge in [-0.2, -0.15) is 0 Å². The molecule has 2 amide bonds. The maximum atomic E-state index is 14.7. The molecule has 7 aromatic rings. The van der Waals surface area contributed by atoms with Gasteiger partial charge in [0, 0.05) is 53.6 Å². The lowest BCUT2D eigenvalue weighted by Gasteiger charge is -2.37. The summed E-state index contributed by atoms with van der Waals surface area (Å²) in [4.78, 5) is 95.9. The summed E-state index contributed by atoms with van der Waals surface area (Å²) in [7, 11) is 0. The standard InChI is InChI=1S/C69H67N3O13/c1-8-38-81-65-56(60(74)43-51-33-37-57(68(78)83-40-10-3)66(82-39-9-2)64(51)85-46(6)7)36-32-50(63(65)84-45(4)5)42-59(73)48-28-26-47(27-29-48)41-61(75)58(70-67(77)49-30-34-55(35-31-49)72(79)80)44-62(76)71-69(52-20-14-11-15-21-52,53-22-16-12-17-23-53)54-24-18-13-19-25-54/h8-37,45-46,58H,1-3,38-44H2,4-7H3,(H,70,77)(H,71,76)/t58-/m0/s1. The highest BCUT2D eigenvalue weighted by atomic mass is 16.6. The predicted octanol–water partition coefficient (Wildman–Crippen LogP) is 11.9. The number of carbonyl (C=O) groups excluding carboxylic acids is 6. The molecular formula is C69H67N3O13. The number of nitro benzene ring substituents is 1. The first kappa shape index (κ1) is 62.4. The van der Waals surface area contributed by atoms with Crippen LogP contribution in [0.1, 0.15) is 109 Å². The Morgan fingerprint density at radius 1 is 0.541 bits per heavy atom. The van der Waals surface area contributed by atoms with Crippen LogP contribution in [0.5, 0.6) is 23.0 Å². The van der Waals surface area contributed by atoms with Crippen LogP contribution >= 0.6 is 0 Å². The number of carbonyl (C=O) groups is 6. The fourth-order valence-corrected chi connectivity index (χ4v) is 9.50. The Morgan fingerprint density at radius 3 is 1.47 bits per heavy atom. The summed E-state index contributed by atoms with van der Waals surface area (Å²) in [5.41, 5.74) is 2.58. The number of esters is 1. The second kappa shape index (κ2) is 29.7. The molecule has 2 N–H and O–H groups in total. The van der Waals surface area contributed by atoms with Crippen LogP contribution in [0.25, 0.3) is 0 Å². The average Bonchev–Trinajstić information content (AvgIpc) is 2.37. The number of rotatable bonds is 31. The van der Waals surface area contributed by atoms with Gasteiger partial charge in [-0.05, 0) is 74.2 Å². The molecule has 0 radical (unpaired) electrons. The van der Waals surface area contributed by atoms with Crippen LogP contribution < -0.4 is 29.6 Å². The fourth-order valence-electron chi connectivity index (χ4n) is 9.50. The Kier molecular flexibility index (Phi) is 21.8. The summed E-state index contributed by atoms with van der Waals surface area (Å²) >= 11 is 0. The number of nitrogens with one attached hydrogen (secondary N) is 2. The van der Waals surface area contributed by atoms with E-state index in [4.69, 9.17) is 23.7 Å². The quantitative estimate of drug-likeness (QED) is 0.0103. The number of hydrogen-bond acceptors (Lipinski definition) is 13. The summed E-state index contributed by atoms with van der Waals surface area (Å²) < 4.78 is 30.1. The zero-order chi connectivity index (χ0) is 61.0. The van der Waals surface area contributed by atoms with Crippen LogP contribution in [0.15, 0.2) is 202 Å². The average molecular weight is 1150 g/mol. The van der Waals surface area contributed by atoms with Crippen molar-refractivity contribution in [2.24, 2.45) is 0 Å². The zero-order valence-electron chi connectivity index (χ0n) is 47.9. The van der Waals surface area contributed by atoms with E-state index < -0.39 is 64.5 Å².